The number of allylic oxidation sites excluding steroid dienone is 5. The Morgan fingerprint density at radius 1 is 0.321 bits per heavy atom. The van der Waals surface area contributed by atoms with Crippen molar-refractivity contribution >= 4 is 11.9 Å². The molecular formula is C78H149NO5. The van der Waals surface area contributed by atoms with Gasteiger partial charge in [0.2, 0.25) is 5.91 Å². The maximum absolute atomic E-state index is 12.5. The maximum atomic E-state index is 12.5. The van der Waals surface area contributed by atoms with E-state index in [1.165, 1.54) is 353 Å². The molecule has 0 radical (unpaired) electrons. The van der Waals surface area contributed by atoms with Crippen LogP contribution in [0.2, 0.25) is 0 Å². The number of esters is 1. The summed E-state index contributed by atoms with van der Waals surface area (Å²) >= 11 is 0. The zero-order valence-corrected chi connectivity index (χ0v) is 56.9. The average molecular weight is 1180 g/mol. The molecule has 0 heterocycles. The Morgan fingerprint density at radius 2 is 0.571 bits per heavy atom. The van der Waals surface area contributed by atoms with E-state index < -0.39 is 12.1 Å². The Bertz CT molecular complexity index is 1360. The molecule has 0 aromatic carbocycles. The van der Waals surface area contributed by atoms with Gasteiger partial charge in [-0.2, -0.15) is 0 Å². The number of ether oxygens (including phenoxy) is 1. The molecule has 84 heavy (non-hydrogen) atoms. The quantitative estimate of drug-likeness (QED) is 0.0320. The first-order chi connectivity index (χ1) is 41.5. The predicted octanol–water partition coefficient (Wildman–Crippen LogP) is 25.0. The standard InChI is InChI=1S/C78H149NO5/c1-3-5-7-9-11-13-15-16-17-18-38-41-44-47-51-54-58-62-66-70-76(81)75(74-80)79-77(82)71-67-63-59-55-52-48-45-42-39-36-34-32-30-28-26-24-22-20-19-21-23-25-27-29-31-33-35-37-40-43-46-49-53-57-61-65-69-73-84-78(83)72-68-64-60-56-50-14-12-10-8-6-4-2/h10,12,19,21,66,70,75-76,80-81H,3-9,11,13-18,20,22-65,67-69,71-74H2,1-2H3,(H,79,82)/b12-10-,21-19-,70-66+. The summed E-state index contributed by atoms with van der Waals surface area (Å²) in [6.07, 6.45) is 95.5. The summed E-state index contributed by atoms with van der Waals surface area (Å²) in [5.41, 5.74) is 0. The van der Waals surface area contributed by atoms with E-state index in [1.807, 2.05) is 6.08 Å². The van der Waals surface area contributed by atoms with Crippen molar-refractivity contribution in [1.29, 1.82) is 0 Å². The lowest BCUT2D eigenvalue weighted by molar-refractivity contribution is -0.143. The Hall–Kier alpha value is -1.92. The van der Waals surface area contributed by atoms with Crippen LogP contribution in [-0.2, 0) is 14.3 Å². The summed E-state index contributed by atoms with van der Waals surface area (Å²) in [5.74, 6) is -0.0496. The second-order valence-electron chi connectivity index (χ2n) is 26.3. The van der Waals surface area contributed by atoms with E-state index in [4.69, 9.17) is 4.74 Å². The van der Waals surface area contributed by atoms with E-state index in [0.717, 1.165) is 44.9 Å². The molecular weight excluding hydrogens is 1030 g/mol. The number of amides is 1. The molecule has 0 aromatic rings. The Labute approximate surface area is 525 Å². The smallest absolute Gasteiger partial charge is 0.305 e. The number of hydrogen-bond acceptors (Lipinski definition) is 5. The fraction of sp³-hybridized carbons (Fsp3) is 0.897. The van der Waals surface area contributed by atoms with E-state index >= 15 is 0 Å². The monoisotopic (exact) mass is 1180 g/mol. The van der Waals surface area contributed by atoms with Crippen molar-refractivity contribution in [3.05, 3.63) is 36.5 Å². The van der Waals surface area contributed by atoms with Crippen molar-refractivity contribution in [2.75, 3.05) is 13.2 Å². The number of aliphatic hydroxyl groups excluding tert-OH is 2. The lowest BCUT2D eigenvalue weighted by Crippen LogP contribution is -2.45. The van der Waals surface area contributed by atoms with Gasteiger partial charge in [0.25, 0.3) is 0 Å². The van der Waals surface area contributed by atoms with Crippen LogP contribution in [0.4, 0.5) is 0 Å². The molecule has 1 amide bonds. The molecule has 0 aromatic heterocycles. The van der Waals surface area contributed by atoms with Crippen molar-refractivity contribution in [2.45, 2.75) is 437 Å². The molecule has 0 fully saturated rings. The first-order valence-electron chi connectivity index (χ1n) is 38.3. The number of aliphatic hydroxyl groups is 2. The topological polar surface area (TPSA) is 95.9 Å². The summed E-state index contributed by atoms with van der Waals surface area (Å²) < 4.78 is 5.47. The Kier molecular flexibility index (Phi) is 71.9. The average Bonchev–Trinajstić information content (AvgIpc) is 3.51. The van der Waals surface area contributed by atoms with Crippen molar-refractivity contribution < 1.29 is 24.5 Å². The highest BCUT2D eigenvalue weighted by molar-refractivity contribution is 5.76. The van der Waals surface area contributed by atoms with Gasteiger partial charge in [0.15, 0.2) is 0 Å². The SMILES string of the molecule is CCCC/C=C\CCCCCCCC(=O)OCCCCCCCCCCCCCCCCCC/C=C\CCCCCCCCCCCCCCCCCCCC(=O)NC(CO)C(O)/C=C/CCCCCCCCCCCCCCCCCCC. The molecule has 0 aliphatic carbocycles. The highest BCUT2D eigenvalue weighted by Gasteiger charge is 2.18. The Morgan fingerprint density at radius 3 is 0.881 bits per heavy atom. The zero-order chi connectivity index (χ0) is 60.6. The van der Waals surface area contributed by atoms with Gasteiger partial charge < -0.3 is 20.3 Å². The summed E-state index contributed by atoms with van der Waals surface area (Å²) in [4.78, 5) is 24.5. The van der Waals surface area contributed by atoms with Crippen molar-refractivity contribution in [1.82, 2.24) is 5.32 Å². The van der Waals surface area contributed by atoms with Gasteiger partial charge in [-0.05, 0) is 77.0 Å². The number of carbonyl (C=O) groups is 2. The molecule has 0 saturated carbocycles. The van der Waals surface area contributed by atoms with Gasteiger partial charge >= 0.3 is 5.97 Å². The molecule has 0 bridgehead atoms. The third kappa shape index (κ3) is 69.2. The maximum Gasteiger partial charge on any atom is 0.305 e. The molecule has 0 spiro atoms. The molecule has 0 rings (SSSR count). The van der Waals surface area contributed by atoms with Gasteiger partial charge in [-0.1, -0.05) is 371 Å². The van der Waals surface area contributed by atoms with Crippen LogP contribution < -0.4 is 5.32 Å². The van der Waals surface area contributed by atoms with Gasteiger partial charge in [-0.25, -0.2) is 0 Å². The molecule has 2 atom stereocenters. The van der Waals surface area contributed by atoms with Gasteiger partial charge in [0, 0.05) is 12.8 Å². The molecule has 2 unspecified atom stereocenters. The van der Waals surface area contributed by atoms with Crippen molar-refractivity contribution in [3.63, 3.8) is 0 Å². The molecule has 0 aliphatic heterocycles. The van der Waals surface area contributed by atoms with Crippen molar-refractivity contribution in [2.24, 2.45) is 0 Å². The molecule has 496 valence electrons. The van der Waals surface area contributed by atoms with E-state index in [-0.39, 0.29) is 18.5 Å². The Balaban J connectivity index is 3.36. The largest absolute Gasteiger partial charge is 0.466 e. The van der Waals surface area contributed by atoms with Gasteiger partial charge in [0.05, 0.1) is 25.4 Å². The van der Waals surface area contributed by atoms with Crippen LogP contribution in [0.25, 0.3) is 0 Å². The van der Waals surface area contributed by atoms with E-state index in [1.54, 1.807) is 6.08 Å². The van der Waals surface area contributed by atoms with Crippen LogP contribution in [-0.4, -0.2) is 47.4 Å². The van der Waals surface area contributed by atoms with E-state index in [2.05, 4.69) is 43.5 Å². The van der Waals surface area contributed by atoms with Crippen molar-refractivity contribution in [3.8, 4) is 0 Å². The van der Waals surface area contributed by atoms with Crippen LogP contribution >= 0.6 is 0 Å². The first-order valence-corrected chi connectivity index (χ1v) is 38.3. The van der Waals surface area contributed by atoms with Crippen LogP contribution in [0.1, 0.15) is 425 Å². The predicted molar refractivity (Wildman–Crippen MR) is 370 cm³/mol. The first kappa shape index (κ1) is 82.1. The number of unbranched alkanes of at least 4 members (excludes halogenated alkanes) is 57. The lowest BCUT2D eigenvalue weighted by atomic mass is 10.0. The second-order valence-corrected chi connectivity index (χ2v) is 26.3. The third-order valence-corrected chi connectivity index (χ3v) is 17.9. The molecule has 0 aliphatic rings. The fourth-order valence-electron chi connectivity index (χ4n) is 12.0. The summed E-state index contributed by atoms with van der Waals surface area (Å²) in [6, 6.07) is -0.625. The molecule has 6 heteroatoms. The number of rotatable bonds is 72. The van der Waals surface area contributed by atoms with Crippen LogP contribution in [0.3, 0.4) is 0 Å². The minimum absolute atomic E-state index is 0.0105. The molecule has 6 nitrogen and oxygen atoms in total. The highest BCUT2D eigenvalue weighted by atomic mass is 16.5. The van der Waals surface area contributed by atoms with Gasteiger partial charge in [-0.3, -0.25) is 9.59 Å². The number of hydrogen-bond donors (Lipinski definition) is 3. The zero-order valence-electron chi connectivity index (χ0n) is 56.9. The normalized spacial score (nSPS) is 12.7. The fourth-order valence-corrected chi connectivity index (χ4v) is 12.0. The number of nitrogens with one attached hydrogen (secondary N) is 1. The molecule has 3 N–H and O–H groups in total. The van der Waals surface area contributed by atoms with Crippen LogP contribution in [0.15, 0.2) is 36.5 Å². The number of carbonyl (C=O) groups excluding carboxylic acids is 2. The summed E-state index contributed by atoms with van der Waals surface area (Å²) in [5, 5.41) is 23.3. The van der Waals surface area contributed by atoms with Crippen LogP contribution in [0, 0.1) is 0 Å². The third-order valence-electron chi connectivity index (χ3n) is 17.9. The van der Waals surface area contributed by atoms with Gasteiger partial charge in [0.1, 0.15) is 0 Å². The van der Waals surface area contributed by atoms with E-state index in [0.29, 0.717) is 19.4 Å². The lowest BCUT2D eigenvalue weighted by Gasteiger charge is -2.20. The minimum atomic E-state index is -0.842. The minimum Gasteiger partial charge on any atom is -0.466 e. The summed E-state index contributed by atoms with van der Waals surface area (Å²) in [7, 11) is 0. The highest BCUT2D eigenvalue weighted by Crippen LogP contribution is 2.19. The van der Waals surface area contributed by atoms with Crippen LogP contribution in [0.5, 0.6) is 0 Å². The summed E-state index contributed by atoms with van der Waals surface area (Å²) in [6.45, 7) is 4.91. The van der Waals surface area contributed by atoms with E-state index in [9.17, 15) is 19.8 Å². The van der Waals surface area contributed by atoms with Gasteiger partial charge in [-0.15, -0.1) is 0 Å². The second kappa shape index (κ2) is 73.5. The molecule has 0 saturated heterocycles.